The second-order valence-corrected chi connectivity index (χ2v) is 35.3. The van der Waals surface area contributed by atoms with Crippen LogP contribution in [0.4, 0.5) is 0 Å². The molecular formula is C43H81NO10Si3. The van der Waals surface area contributed by atoms with Gasteiger partial charge in [-0.25, -0.2) is 5.06 Å². The predicted octanol–water partition coefficient (Wildman–Crippen LogP) is 9.01. The number of hydrogen-bond acceptors (Lipinski definition) is 10. The summed E-state index contributed by atoms with van der Waals surface area (Å²) in [6, 6.07) is 7.82. The Morgan fingerprint density at radius 1 is 0.807 bits per heavy atom. The minimum Gasteiger partial charge on any atom is -0.497 e. The maximum atomic E-state index is 15.5. The van der Waals surface area contributed by atoms with Crippen molar-refractivity contribution in [3.05, 3.63) is 29.8 Å². The summed E-state index contributed by atoms with van der Waals surface area (Å²) in [4.78, 5) is 33.8. The first-order valence-corrected chi connectivity index (χ1v) is 29.4. The average molecular weight is 856 g/mol. The number of ether oxygens (including phenoxy) is 3. The number of amides is 1. The summed E-state index contributed by atoms with van der Waals surface area (Å²) in [7, 11) is -2.83. The highest BCUT2D eigenvalue weighted by atomic mass is 28.4. The van der Waals surface area contributed by atoms with E-state index in [1.807, 2.05) is 31.2 Å². The highest BCUT2D eigenvalue weighted by molar-refractivity contribution is 6.75. The number of methoxy groups -OCH3 is 1. The summed E-state index contributed by atoms with van der Waals surface area (Å²) < 4.78 is 39.2. The van der Waals surface area contributed by atoms with Crippen LogP contribution in [0, 0.1) is 17.8 Å². The number of ketones is 1. The topological polar surface area (TPSA) is 126 Å². The Kier molecular flexibility index (Phi) is 17.7. The Hall–Kier alpha value is -1.47. The zero-order valence-electron chi connectivity index (χ0n) is 39.4. The van der Waals surface area contributed by atoms with Crippen molar-refractivity contribution in [1.82, 2.24) is 5.06 Å². The molecule has 2 rings (SSSR count). The molecule has 1 aromatic carbocycles. The minimum atomic E-state index is -2.56. The zero-order valence-corrected chi connectivity index (χ0v) is 42.4. The summed E-state index contributed by atoms with van der Waals surface area (Å²) in [5, 5.41) is 12.5. The van der Waals surface area contributed by atoms with Gasteiger partial charge in [0.1, 0.15) is 17.1 Å². The van der Waals surface area contributed by atoms with Crippen molar-refractivity contribution in [3.8, 4) is 5.75 Å². The normalized spacial score (nSPS) is 21.0. The van der Waals surface area contributed by atoms with Crippen LogP contribution in [0.15, 0.2) is 24.3 Å². The zero-order chi connectivity index (χ0) is 44.2. The molecule has 0 bridgehead atoms. The molecule has 0 spiro atoms. The Labute approximate surface area is 349 Å². The van der Waals surface area contributed by atoms with E-state index >= 15 is 4.79 Å². The van der Waals surface area contributed by atoms with Gasteiger partial charge >= 0.3 is 0 Å². The summed E-state index contributed by atoms with van der Waals surface area (Å²) in [5.74, 6) is -1.82. The fraction of sp³-hybridized carbons (Fsp3) is 0.814. The number of epoxide rings is 1. The highest BCUT2D eigenvalue weighted by Gasteiger charge is 2.65. The third-order valence-electron chi connectivity index (χ3n) is 13.4. The molecule has 1 aromatic rings. The lowest BCUT2D eigenvalue weighted by atomic mass is 9.79. The molecule has 1 aliphatic rings. The fourth-order valence-electron chi connectivity index (χ4n) is 5.97. The number of hydrogen-bond donors (Lipinski definition) is 1. The number of rotatable bonds is 22. The first kappa shape index (κ1) is 51.7. The maximum Gasteiger partial charge on any atom is 0.248 e. The Bertz CT molecular complexity index is 1450. The number of Topliss-reactive ketones (excluding diaryl/α,β-unsaturated/α-hetero) is 1. The number of nitrogens with zero attached hydrogens (tertiary/aromatic N) is 1. The maximum absolute atomic E-state index is 15.5. The van der Waals surface area contributed by atoms with Crippen molar-refractivity contribution in [2.45, 2.75) is 167 Å². The van der Waals surface area contributed by atoms with Gasteiger partial charge in [-0.1, -0.05) is 81.4 Å². The van der Waals surface area contributed by atoms with Gasteiger partial charge in [-0.2, -0.15) is 0 Å². The molecule has 0 aromatic heterocycles. The molecule has 0 saturated carbocycles. The summed E-state index contributed by atoms with van der Waals surface area (Å²) in [6.07, 6.45) is -2.64. The monoisotopic (exact) mass is 856 g/mol. The van der Waals surface area contributed by atoms with E-state index in [4.69, 9.17) is 32.3 Å². The van der Waals surface area contributed by atoms with Gasteiger partial charge in [-0.3, -0.25) is 14.4 Å². The standard InChI is InChI=1S/C43H81NO10Si3/c1-30(26-50-27-31-21-23-32(48-13)24-22-31)38-43(11,53-38)39(54-57(19,20)42(8,9)10)34(29-52-56(17,18)41(5,6)7)37(47)33(28-51-55(15,16)40(2,3)4)35(45)25-36(46)44(12)49-14/h21-24,30,33-35,38-39,45H,25-29H2,1-20H3/t30-,33-,34-,35-,38+,39-,43-/m0/s1. The van der Waals surface area contributed by atoms with E-state index in [0.717, 1.165) is 16.4 Å². The number of aliphatic hydroxyl groups is 1. The second kappa shape index (κ2) is 19.5. The smallest absolute Gasteiger partial charge is 0.248 e. The number of carbonyl (C=O) groups excluding carboxylic acids is 2. The molecule has 7 atom stereocenters. The number of carbonyl (C=O) groups is 2. The lowest BCUT2D eigenvalue weighted by Crippen LogP contribution is -2.56. The molecule has 330 valence electrons. The van der Waals surface area contributed by atoms with Crippen LogP contribution in [0.25, 0.3) is 0 Å². The number of aliphatic hydroxyl groups excluding tert-OH is 1. The predicted molar refractivity (Wildman–Crippen MR) is 236 cm³/mol. The van der Waals surface area contributed by atoms with E-state index in [2.05, 4.69) is 109 Å². The van der Waals surface area contributed by atoms with Crippen LogP contribution in [0.5, 0.6) is 5.75 Å². The van der Waals surface area contributed by atoms with Gasteiger partial charge in [-0.05, 0) is 79.0 Å². The lowest BCUT2D eigenvalue weighted by molar-refractivity contribution is -0.171. The first-order chi connectivity index (χ1) is 25.8. The van der Waals surface area contributed by atoms with Crippen LogP contribution in [0.2, 0.25) is 54.4 Å². The van der Waals surface area contributed by atoms with Crippen LogP contribution in [-0.2, 0) is 43.8 Å². The first-order valence-electron chi connectivity index (χ1n) is 20.6. The largest absolute Gasteiger partial charge is 0.497 e. The van der Waals surface area contributed by atoms with Gasteiger partial charge in [0.2, 0.25) is 5.91 Å². The van der Waals surface area contributed by atoms with Gasteiger partial charge in [0, 0.05) is 26.2 Å². The Morgan fingerprint density at radius 2 is 1.28 bits per heavy atom. The molecule has 1 heterocycles. The van der Waals surface area contributed by atoms with Crippen LogP contribution < -0.4 is 4.74 Å². The van der Waals surface area contributed by atoms with Crippen LogP contribution >= 0.6 is 0 Å². The fourth-order valence-corrected chi connectivity index (χ4v) is 9.42. The van der Waals surface area contributed by atoms with Crippen LogP contribution in [0.1, 0.15) is 88.1 Å². The van der Waals surface area contributed by atoms with E-state index in [1.165, 1.54) is 14.2 Å². The Balaban J connectivity index is 2.69. The Morgan fingerprint density at radius 3 is 1.72 bits per heavy atom. The molecule has 14 heteroatoms. The molecule has 1 N–H and O–H groups in total. The van der Waals surface area contributed by atoms with Crippen molar-refractivity contribution in [2.75, 3.05) is 41.1 Å². The van der Waals surface area contributed by atoms with Gasteiger partial charge in [0.05, 0.1) is 64.0 Å². The molecule has 1 aliphatic heterocycles. The van der Waals surface area contributed by atoms with E-state index in [0.29, 0.717) is 13.2 Å². The van der Waals surface area contributed by atoms with Gasteiger partial charge in [0.25, 0.3) is 0 Å². The summed E-state index contributed by atoms with van der Waals surface area (Å²) >= 11 is 0. The van der Waals surface area contributed by atoms with Crippen LogP contribution in [-0.4, -0.2) is 112 Å². The van der Waals surface area contributed by atoms with Crippen molar-refractivity contribution < 1.29 is 47.0 Å². The second-order valence-electron chi connectivity index (χ2n) is 21.0. The molecule has 1 fully saturated rings. The average Bonchev–Trinajstić information content (AvgIpc) is 3.78. The van der Waals surface area contributed by atoms with Gasteiger partial charge in [-0.15, -0.1) is 0 Å². The highest BCUT2D eigenvalue weighted by Crippen LogP contribution is 2.51. The molecule has 11 nitrogen and oxygen atoms in total. The number of hydroxylamine groups is 2. The van der Waals surface area contributed by atoms with Crippen LogP contribution in [0.3, 0.4) is 0 Å². The molecule has 57 heavy (non-hydrogen) atoms. The minimum absolute atomic E-state index is 0.0265. The molecule has 0 aliphatic carbocycles. The van der Waals surface area contributed by atoms with Gasteiger partial charge < -0.3 is 32.6 Å². The summed E-state index contributed by atoms with van der Waals surface area (Å²) in [6.45, 7) is 37.5. The van der Waals surface area contributed by atoms with Crippen molar-refractivity contribution in [2.24, 2.45) is 17.8 Å². The molecule has 1 amide bonds. The van der Waals surface area contributed by atoms with Crippen molar-refractivity contribution in [1.29, 1.82) is 0 Å². The number of benzene rings is 1. The van der Waals surface area contributed by atoms with E-state index in [1.54, 1.807) is 7.11 Å². The molecule has 0 unspecified atom stereocenters. The van der Waals surface area contributed by atoms with E-state index < -0.39 is 60.5 Å². The third-order valence-corrected chi connectivity index (χ3v) is 26.9. The third kappa shape index (κ3) is 13.5. The van der Waals surface area contributed by atoms with Crippen molar-refractivity contribution in [3.63, 3.8) is 0 Å². The SMILES string of the molecule is COc1ccc(COC[C@H](C)[C@H]2O[C@]2(C)[C@@H](O[Si](C)(C)C(C)(C)C)[C@@H](CO[Si](C)(C)C(C)(C)C)C(=O)[C@@H](CO[Si](C)(C)C(C)(C)C)[C@@H](O)CC(=O)N(C)OC)cc1. The lowest BCUT2D eigenvalue weighted by Gasteiger charge is -2.45. The molecular weight excluding hydrogens is 775 g/mol. The van der Waals surface area contributed by atoms with E-state index in [9.17, 15) is 9.90 Å². The van der Waals surface area contributed by atoms with E-state index in [-0.39, 0.29) is 52.6 Å². The summed E-state index contributed by atoms with van der Waals surface area (Å²) in [5.41, 5.74) is 0.173. The van der Waals surface area contributed by atoms with Crippen molar-refractivity contribution >= 4 is 36.6 Å². The van der Waals surface area contributed by atoms with Gasteiger partial charge in [0.15, 0.2) is 25.0 Å². The molecule has 1 saturated heterocycles. The quantitative estimate of drug-likeness (QED) is 0.0687. The molecule has 0 radical (unpaired) electrons.